The molecule has 2 saturated heterocycles. The van der Waals surface area contributed by atoms with Crippen LogP contribution in [0.2, 0.25) is 0 Å². The maximum atomic E-state index is 13.5. The SMILES string of the molecule is NC(=O)CNc1nc2ccccc2n([C@H]2C[C@H]3CC[C@@H](C2)N3C2CCCCCCC2)c1=O. The predicted octanol–water partition coefficient (Wildman–Crippen LogP) is 3.57. The number of nitrogens with zero attached hydrogens (tertiary/aromatic N) is 3. The second-order valence-electron chi connectivity index (χ2n) is 9.90. The molecular weight excluding hydrogens is 402 g/mol. The number of primary amides is 1. The number of hydrogen-bond acceptors (Lipinski definition) is 5. The highest BCUT2D eigenvalue weighted by Gasteiger charge is 2.44. The summed E-state index contributed by atoms with van der Waals surface area (Å²) in [5, 5.41) is 2.87. The molecule has 0 spiro atoms. The van der Waals surface area contributed by atoms with Crippen molar-refractivity contribution in [2.24, 2.45) is 5.73 Å². The summed E-state index contributed by atoms with van der Waals surface area (Å²) in [5.74, 6) is -0.284. The molecule has 3 aliphatic rings. The summed E-state index contributed by atoms with van der Waals surface area (Å²) < 4.78 is 1.95. The number of aromatic nitrogens is 2. The van der Waals surface area contributed by atoms with E-state index in [4.69, 9.17) is 5.73 Å². The lowest BCUT2D eigenvalue weighted by atomic mass is 9.89. The third kappa shape index (κ3) is 4.15. The normalized spacial score (nSPS) is 27.2. The van der Waals surface area contributed by atoms with Crippen LogP contribution in [0.15, 0.2) is 29.1 Å². The number of carbonyl (C=O) groups is 1. The van der Waals surface area contributed by atoms with Gasteiger partial charge in [-0.05, 0) is 50.7 Å². The molecule has 2 aromatic rings. The fourth-order valence-electron chi connectivity index (χ4n) is 6.53. The zero-order chi connectivity index (χ0) is 22.1. The number of piperidine rings is 1. The maximum Gasteiger partial charge on any atom is 0.294 e. The molecule has 1 aromatic carbocycles. The third-order valence-electron chi connectivity index (χ3n) is 7.85. The standard InChI is InChI=1S/C25H35N5O2/c26-23(31)16-27-24-25(32)30(22-11-7-6-10-21(22)28-24)20-14-18-12-13-19(15-20)29(18)17-8-4-2-1-3-5-9-17/h6-7,10-11,17-20H,1-5,8-9,12-16H2,(H2,26,31)(H,27,28)/t18-,19+,20+. The summed E-state index contributed by atoms with van der Waals surface area (Å²) in [4.78, 5) is 32.1. The highest BCUT2D eigenvalue weighted by molar-refractivity contribution is 5.80. The molecule has 5 rings (SSSR count). The van der Waals surface area contributed by atoms with Crippen molar-refractivity contribution in [3.05, 3.63) is 34.6 Å². The van der Waals surface area contributed by atoms with E-state index >= 15 is 0 Å². The number of rotatable bonds is 5. The minimum absolute atomic E-state index is 0.0913. The van der Waals surface area contributed by atoms with Gasteiger partial charge in [0.15, 0.2) is 5.82 Å². The van der Waals surface area contributed by atoms with Crippen LogP contribution in [-0.2, 0) is 4.79 Å². The second kappa shape index (κ2) is 9.22. The average molecular weight is 438 g/mol. The Kier molecular flexibility index (Phi) is 6.17. The van der Waals surface area contributed by atoms with E-state index in [-0.39, 0.29) is 24.0 Å². The van der Waals surface area contributed by atoms with E-state index in [9.17, 15) is 9.59 Å². The number of amides is 1. The van der Waals surface area contributed by atoms with E-state index in [0.717, 1.165) is 23.9 Å². The number of nitrogens with two attached hydrogens (primary N) is 1. The molecule has 3 fully saturated rings. The van der Waals surface area contributed by atoms with Crippen LogP contribution in [0.3, 0.4) is 0 Å². The van der Waals surface area contributed by atoms with Crippen LogP contribution >= 0.6 is 0 Å². The highest BCUT2D eigenvalue weighted by Crippen LogP contribution is 2.44. The third-order valence-corrected chi connectivity index (χ3v) is 7.85. The van der Waals surface area contributed by atoms with E-state index in [0.29, 0.717) is 18.1 Å². The first-order valence-corrected chi connectivity index (χ1v) is 12.4. The Hall–Kier alpha value is -2.41. The Morgan fingerprint density at radius 2 is 1.59 bits per heavy atom. The summed E-state index contributed by atoms with van der Waals surface area (Å²) >= 11 is 0. The van der Waals surface area contributed by atoms with Crippen LogP contribution in [0.5, 0.6) is 0 Å². The first-order valence-electron chi connectivity index (χ1n) is 12.4. The van der Waals surface area contributed by atoms with Gasteiger partial charge < -0.3 is 15.6 Å². The maximum absolute atomic E-state index is 13.5. The molecule has 7 heteroatoms. The Labute approximate surface area is 189 Å². The first-order chi connectivity index (χ1) is 15.6. The van der Waals surface area contributed by atoms with Crippen molar-refractivity contribution in [1.82, 2.24) is 14.5 Å². The molecule has 1 saturated carbocycles. The van der Waals surface area contributed by atoms with Crippen molar-refractivity contribution in [2.75, 3.05) is 11.9 Å². The molecule has 3 atom stereocenters. The van der Waals surface area contributed by atoms with Gasteiger partial charge in [0.1, 0.15) is 0 Å². The summed E-state index contributed by atoms with van der Waals surface area (Å²) in [5.41, 5.74) is 6.80. The lowest BCUT2D eigenvalue weighted by Gasteiger charge is -2.45. The Bertz CT molecular complexity index is 1010. The van der Waals surface area contributed by atoms with E-state index in [1.54, 1.807) is 0 Å². The first kappa shape index (κ1) is 21.4. The predicted molar refractivity (Wildman–Crippen MR) is 127 cm³/mol. The fraction of sp³-hybridized carbons (Fsp3) is 0.640. The van der Waals surface area contributed by atoms with Crippen molar-refractivity contribution >= 4 is 22.8 Å². The molecule has 32 heavy (non-hydrogen) atoms. The molecule has 1 amide bonds. The van der Waals surface area contributed by atoms with Crippen molar-refractivity contribution in [1.29, 1.82) is 0 Å². The quantitative estimate of drug-likeness (QED) is 0.746. The number of carbonyl (C=O) groups excluding carboxylic acids is 1. The average Bonchev–Trinajstić information content (AvgIpc) is 3.01. The minimum atomic E-state index is -0.503. The van der Waals surface area contributed by atoms with Gasteiger partial charge in [-0.3, -0.25) is 14.5 Å². The van der Waals surface area contributed by atoms with E-state index in [1.165, 1.54) is 57.8 Å². The lowest BCUT2D eigenvalue weighted by molar-refractivity contribution is -0.116. The van der Waals surface area contributed by atoms with Gasteiger partial charge in [-0.15, -0.1) is 0 Å². The Morgan fingerprint density at radius 3 is 2.28 bits per heavy atom. The Balaban J connectivity index is 1.45. The van der Waals surface area contributed by atoms with Gasteiger partial charge in [0.2, 0.25) is 5.91 Å². The summed E-state index contributed by atoms with van der Waals surface area (Å²) in [6.45, 7) is -0.0913. The van der Waals surface area contributed by atoms with Gasteiger partial charge in [-0.2, -0.15) is 0 Å². The zero-order valence-corrected chi connectivity index (χ0v) is 18.8. The molecule has 0 unspecified atom stereocenters. The number of benzene rings is 1. The lowest BCUT2D eigenvalue weighted by Crippen LogP contribution is -2.50. The van der Waals surface area contributed by atoms with Crippen LogP contribution in [0.25, 0.3) is 11.0 Å². The van der Waals surface area contributed by atoms with E-state index in [1.807, 2.05) is 28.8 Å². The van der Waals surface area contributed by atoms with Gasteiger partial charge in [0, 0.05) is 24.2 Å². The molecule has 7 nitrogen and oxygen atoms in total. The number of para-hydroxylation sites is 2. The molecule has 3 heterocycles. The van der Waals surface area contributed by atoms with Crippen LogP contribution < -0.4 is 16.6 Å². The van der Waals surface area contributed by atoms with Crippen molar-refractivity contribution < 1.29 is 4.79 Å². The fourth-order valence-corrected chi connectivity index (χ4v) is 6.53. The number of fused-ring (bicyclic) bond motifs is 3. The van der Waals surface area contributed by atoms with Gasteiger partial charge in [-0.1, -0.05) is 44.2 Å². The van der Waals surface area contributed by atoms with Crippen molar-refractivity contribution in [3.63, 3.8) is 0 Å². The summed E-state index contributed by atoms with van der Waals surface area (Å²) in [7, 11) is 0. The van der Waals surface area contributed by atoms with Gasteiger partial charge >= 0.3 is 0 Å². The highest BCUT2D eigenvalue weighted by atomic mass is 16.1. The minimum Gasteiger partial charge on any atom is -0.368 e. The number of hydrogen-bond donors (Lipinski definition) is 2. The number of nitrogens with one attached hydrogen (secondary N) is 1. The smallest absolute Gasteiger partial charge is 0.294 e. The largest absolute Gasteiger partial charge is 0.368 e. The summed E-state index contributed by atoms with van der Waals surface area (Å²) in [6.07, 6.45) is 14.0. The van der Waals surface area contributed by atoms with Crippen LogP contribution in [0.4, 0.5) is 5.82 Å². The molecule has 0 radical (unpaired) electrons. The van der Waals surface area contributed by atoms with Crippen LogP contribution in [-0.4, -0.2) is 45.0 Å². The topological polar surface area (TPSA) is 93.2 Å². The van der Waals surface area contributed by atoms with E-state index in [2.05, 4.69) is 15.2 Å². The monoisotopic (exact) mass is 437 g/mol. The van der Waals surface area contributed by atoms with Gasteiger partial charge in [0.25, 0.3) is 5.56 Å². The molecule has 3 N–H and O–H groups in total. The second-order valence-corrected chi connectivity index (χ2v) is 9.90. The van der Waals surface area contributed by atoms with Crippen LogP contribution in [0, 0.1) is 0 Å². The molecule has 1 aromatic heterocycles. The molecule has 1 aliphatic carbocycles. The summed E-state index contributed by atoms with van der Waals surface area (Å²) in [6, 6.07) is 9.81. The van der Waals surface area contributed by atoms with Crippen LogP contribution in [0.1, 0.15) is 76.7 Å². The number of anilines is 1. The molecule has 2 aliphatic heterocycles. The van der Waals surface area contributed by atoms with Crippen molar-refractivity contribution in [2.45, 2.75) is 94.8 Å². The Morgan fingerprint density at radius 1 is 0.938 bits per heavy atom. The van der Waals surface area contributed by atoms with Gasteiger partial charge in [0.05, 0.1) is 17.6 Å². The molecular formula is C25H35N5O2. The molecule has 172 valence electrons. The zero-order valence-electron chi connectivity index (χ0n) is 18.8. The van der Waals surface area contributed by atoms with Gasteiger partial charge in [-0.25, -0.2) is 4.98 Å². The van der Waals surface area contributed by atoms with Crippen molar-refractivity contribution in [3.8, 4) is 0 Å². The molecule has 2 bridgehead atoms. The van der Waals surface area contributed by atoms with E-state index < -0.39 is 5.91 Å².